The van der Waals surface area contributed by atoms with Gasteiger partial charge in [-0.3, -0.25) is 9.78 Å². The zero-order valence-electron chi connectivity index (χ0n) is 19.8. The molecule has 1 amide bonds. The third-order valence-corrected chi connectivity index (χ3v) is 5.93. The number of hydrogen-bond acceptors (Lipinski definition) is 4. The van der Waals surface area contributed by atoms with Crippen molar-refractivity contribution in [3.05, 3.63) is 77.9 Å². The van der Waals surface area contributed by atoms with Gasteiger partial charge in [0.1, 0.15) is 5.82 Å². The molecule has 0 radical (unpaired) electrons. The lowest BCUT2D eigenvalue weighted by Crippen LogP contribution is -2.43. The summed E-state index contributed by atoms with van der Waals surface area (Å²) in [5.74, 6) is 0.0691. The molecular weight excluding hydrogens is 417 g/mol. The smallest absolute Gasteiger partial charge is 0.254 e. The van der Waals surface area contributed by atoms with Crippen LogP contribution in [0.5, 0.6) is 5.88 Å². The maximum absolute atomic E-state index is 13.7. The molecule has 5 nitrogen and oxygen atoms in total. The molecule has 2 heterocycles. The fourth-order valence-corrected chi connectivity index (χ4v) is 4.24. The number of halogens is 1. The summed E-state index contributed by atoms with van der Waals surface area (Å²) in [5.41, 5.74) is 3.27. The van der Waals surface area contributed by atoms with Crippen LogP contribution in [0.1, 0.15) is 49.0 Å². The van der Waals surface area contributed by atoms with Crippen LogP contribution in [0.4, 0.5) is 4.39 Å². The molecule has 1 aromatic carbocycles. The monoisotopic (exact) mass is 449 g/mol. The normalized spacial score (nSPS) is 12.8. The molecule has 0 fully saturated rings. The fraction of sp³-hybridized carbons (Fsp3) is 0.370. The van der Waals surface area contributed by atoms with Crippen LogP contribution in [-0.2, 0) is 0 Å². The Balaban J connectivity index is 1.84. The van der Waals surface area contributed by atoms with E-state index in [4.69, 9.17) is 4.74 Å². The lowest BCUT2D eigenvalue weighted by molar-refractivity contribution is 0.0604. The number of pyridine rings is 2. The number of carbonyl (C=O) groups excluding carboxylic acids is 1. The molecule has 0 saturated heterocycles. The predicted molar refractivity (Wildman–Crippen MR) is 129 cm³/mol. The molecule has 6 heteroatoms. The molecule has 33 heavy (non-hydrogen) atoms. The van der Waals surface area contributed by atoms with Crippen LogP contribution in [0.3, 0.4) is 0 Å². The van der Waals surface area contributed by atoms with Gasteiger partial charge in [-0.2, -0.15) is 0 Å². The van der Waals surface area contributed by atoms with E-state index >= 15 is 0 Å². The van der Waals surface area contributed by atoms with Crippen LogP contribution in [0.25, 0.3) is 11.3 Å². The van der Waals surface area contributed by atoms with E-state index in [1.54, 1.807) is 6.20 Å². The minimum atomic E-state index is -0.397. The molecule has 2 aromatic heterocycles. The van der Waals surface area contributed by atoms with Gasteiger partial charge in [-0.1, -0.05) is 44.0 Å². The molecule has 174 valence electrons. The number of nitrogens with zero attached hydrogens (tertiary/aromatic N) is 3. The molecule has 0 spiro atoms. The number of aromatic nitrogens is 2. The minimum Gasteiger partial charge on any atom is -0.477 e. The van der Waals surface area contributed by atoms with E-state index < -0.39 is 5.82 Å². The van der Waals surface area contributed by atoms with Gasteiger partial charge in [0, 0.05) is 42.4 Å². The van der Waals surface area contributed by atoms with Gasteiger partial charge in [-0.15, -0.1) is 0 Å². The molecule has 3 rings (SSSR count). The Bertz CT molecular complexity index is 1040. The van der Waals surface area contributed by atoms with Gasteiger partial charge < -0.3 is 9.64 Å². The van der Waals surface area contributed by atoms with Crippen molar-refractivity contribution in [1.82, 2.24) is 14.9 Å². The maximum Gasteiger partial charge on any atom is 0.254 e. The second-order valence-corrected chi connectivity index (χ2v) is 8.33. The Morgan fingerprint density at radius 3 is 2.58 bits per heavy atom. The van der Waals surface area contributed by atoms with Crippen LogP contribution >= 0.6 is 0 Å². The van der Waals surface area contributed by atoms with E-state index in [0.29, 0.717) is 18.1 Å². The van der Waals surface area contributed by atoms with Gasteiger partial charge in [0.15, 0.2) is 0 Å². The summed E-state index contributed by atoms with van der Waals surface area (Å²) in [6.45, 7) is 6.60. The number of aryl methyl sites for hydroxylation is 1. The van der Waals surface area contributed by atoms with Crippen molar-refractivity contribution in [1.29, 1.82) is 0 Å². The Kier molecular flexibility index (Phi) is 8.52. The summed E-state index contributed by atoms with van der Waals surface area (Å²) in [6.07, 6.45) is 5.54. The molecule has 0 aliphatic rings. The largest absolute Gasteiger partial charge is 0.477 e. The average Bonchev–Trinajstić information content (AvgIpc) is 2.84. The van der Waals surface area contributed by atoms with E-state index in [1.807, 2.05) is 55.3 Å². The first-order chi connectivity index (χ1) is 15.9. The summed E-state index contributed by atoms with van der Waals surface area (Å²) in [6, 6.07) is 14.5. The van der Waals surface area contributed by atoms with Crippen molar-refractivity contribution in [2.24, 2.45) is 5.92 Å². The van der Waals surface area contributed by atoms with Crippen molar-refractivity contribution in [2.75, 3.05) is 13.7 Å². The van der Waals surface area contributed by atoms with Gasteiger partial charge in [-0.05, 0) is 44.0 Å². The SMILES string of the molecule is CCCC(COc1ccc(F)cn1)C(CC)N(C)C(=O)c1cc(C)ccc1-c1ccccn1. The van der Waals surface area contributed by atoms with Crippen molar-refractivity contribution in [2.45, 2.75) is 46.1 Å². The van der Waals surface area contributed by atoms with Gasteiger partial charge in [0.2, 0.25) is 5.88 Å². The molecule has 0 N–H and O–H groups in total. The third kappa shape index (κ3) is 6.15. The van der Waals surface area contributed by atoms with Gasteiger partial charge >= 0.3 is 0 Å². The van der Waals surface area contributed by atoms with Crippen molar-refractivity contribution < 1.29 is 13.9 Å². The van der Waals surface area contributed by atoms with Crippen LogP contribution in [0.2, 0.25) is 0 Å². The topological polar surface area (TPSA) is 55.3 Å². The highest BCUT2D eigenvalue weighted by Gasteiger charge is 2.29. The molecule has 0 aliphatic carbocycles. The van der Waals surface area contributed by atoms with Crippen LogP contribution in [-0.4, -0.2) is 40.5 Å². The Morgan fingerprint density at radius 1 is 1.12 bits per heavy atom. The molecule has 3 aromatic rings. The average molecular weight is 450 g/mol. The summed E-state index contributed by atoms with van der Waals surface area (Å²) >= 11 is 0. The predicted octanol–water partition coefficient (Wildman–Crippen LogP) is 5.94. The molecule has 0 bridgehead atoms. The third-order valence-electron chi connectivity index (χ3n) is 5.93. The Hall–Kier alpha value is -3.28. The fourth-order valence-electron chi connectivity index (χ4n) is 4.24. The standard InChI is InChI=1S/C27H32FN3O2/c1-5-9-20(18-33-26-14-12-21(28)17-30-26)25(6-2)31(4)27(32)23-16-19(3)11-13-22(23)24-10-7-8-15-29-24/h7-8,10-17,20,25H,5-6,9,18H2,1-4H3. The van der Waals surface area contributed by atoms with Crippen LogP contribution < -0.4 is 4.74 Å². The number of ether oxygens (including phenoxy) is 1. The molecule has 0 aliphatic heterocycles. The van der Waals surface area contributed by atoms with E-state index in [9.17, 15) is 9.18 Å². The highest BCUT2D eigenvalue weighted by molar-refractivity contribution is 6.00. The van der Waals surface area contributed by atoms with Gasteiger partial charge in [-0.25, -0.2) is 9.37 Å². The zero-order chi connectivity index (χ0) is 23.8. The van der Waals surface area contributed by atoms with Crippen molar-refractivity contribution in [3.63, 3.8) is 0 Å². The van der Waals surface area contributed by atoms with Gasteiger partial charge in [0.25, 0.3) is 5.91 Å². The van der Waals surface area contributed by atoms with E-state index in [2.05, 4.69) is 23.8 Å². The molecule has 0 saturated carbocycles. The summed E-state index contributed by atoms with van der Waals surface area (Å²) < 4.78 is 19.0. The minimum absolute atomic E-state index is 0.0185. The van der Waals surface area contributed by atoms with Crippen molar-refractivity contribution >= 4 is 5.91 Å². The summed E-state index contributed by atoms with van der Waals surface area (Å²) in [7, 11) is 1.86. The molecular formula is C27H32FN3O2. The first kappa shape index (κ1) is 24.4. The lowest BCUT2D eigenvalue weighted by atomic mass is 9.91. The summed E-state index contributed by atoms with van der Waals surface area (Å²) in [4.78, 5) is 24.0. The second-order valence-electron chi connectivity index (χ2n) is 8.33. The highest BCUT2D eigenvalue weighted by atomic mass is 19.1. The second kappa shape index (κ2) is 11.5. The Labute approximate surface area is 195 Å². The van der Waals surface area contributed by atoms with Gasteiger partial charge in [0.05, 0.1) is 18.5 Å². The Morgan fingerprint density at radius 2 is 1.94 bits per heavy atom. The lowest BCUT2D eigenvalue weighted by Gasteiger charge is -2.34. The number of carbonyl (C=O) groups is 1. The highest BCUT2D eigenvalue weighted by Crippen LogP contribution is 2.27. The molecule has 2 atom stereocenters. The number of amides is 1. The zero-order valence-corrected chi connectivity index (χ0v) is 19.8. The van der Waals surface area contributed by atoms with E-state index in [1.165, 1.54) is 12.1 Å². The van der Waals surface area contributed by atoms with Crippen LogP contribution in [0, 0.1) is 18.7 Å². The van der Waals surface area contributed by atoms with Crippen molar-refractivity contribution in [3.8, 4) is 17.1 Å². The first-order valence-electron chi connectivity index (χ1n) is 11.5. The van der Waals surface area contributed by atoms with E-state index in [-0.39, 0.29) is 17.9 Å². The molecule has 2 unspecified atom stereocenters. The maximum atomic E-state index is 13.7. The number of benzene rings is 1. The summed E-state index contributed by atoms with van der Waals surface area (Å²) in [5, 5.41) is 0. The quantitative estimate of drug-likeness (QED) is 0.385. The number of rotatable bonds is 10. The first-order valence-corrected chi connectivity index (χ1v) is 11.5. The van der Waals surface area contributed by atoms with Crippen LogP contribution in [0.15, 0.2) is 60.9 Å². The van der Waals surface area contributed by atoms with E-state index in [0.717, 1.165) is 42.3 Å². The number of hydrogen-bond donors (Lipinski definition) is 0.